The molecule has 0 amide bonds. The smallest absolute Gasteiger partial charge is 0.0663 e. The highest BCUT2D eigenvalue weighted by molar-refractivity contribution is 6.91. The fourth-order valence-corrected chi connectivity index (χ4v) is 11.1. The number of unbranched alkanes of at least 4 members (excludes halogenated alkanes) is 2. The largest absolute Gasteiger partial charge is 0.385 e. The highest BCUT2D eigenvalue weighted by Gasteiger charge is 2.60. The maximum absolute atomic E-state index is 5.27. The second kappa shape index (κ2) is 9.33. The number of hydrogen-bond acceptors (Lipinski definition) is 1. The van der Waals surface area contributed by atoms with Crippen molar-refractivity contribution >= 4 is 8.07 Å². The third-order valence-corrected chi connectivity index (χ3v) is 12.6. The van der Waals surface area contributed by atoms with Crippen LogP contribution >= 0.6 is 0 Å². The van der Waals surface area contributed by atoms with Crippen LogP contribution in [0.1, 0.15) is 74.7 Å². The summed E-state index contributed by atoms with van der Waals surface area (Å²) in [5.41, 5.74) is 3.45. The van der Waals surface area contributed by atoms with Crippen LogP contribution < -0.4 is 0 Å². The Labute approximate surface area is 172 Å². The maximum atomic E-state index is 5.27. The summed E-state index contributed by atoms with van der Waals surface area (Å²) in [6.45, 7) is 22.3. The molecule has 0 heterocycles. The lowest BCUT2D eigenvalue weighted by molar-refractivity contribution is 0.192. The molecule has 0 aromatic rings. The van der Waals surface area contributed by atoms with Crippen molar-refractivity contribution in [1.29, 1.82) is 0 Å². The van der Waals surface area contributed by atoms with Crippen molar-refractivity contribution in [2.45, 2.75) is 87.2 Å². The molecule has 150 valence electrons. The Balaban J connectivity index is 2.31. The molecule has 0 N–H and O–H groups in total. The SMILES string of the molecule is COCCCCC[Si](C)([C]1[C](C)[C](C)[C](C)[C]1C)[C]1[C](C)[C](C)[C](C)[C]1C. The van der Waals surface area contributed by atoms with Gasteiger partial charge in [0.15, 0.2) is 0 Å². The number of rotatable bonds is 8. The van der Waals surface area contributed by atoms with Gasteiger partial charge in [-0.15, -0.1) is 0 Å². The van der Waals surface area contributed by atoms with E-state index in [1.165, 1.54) is 49.0 Å². The zero-order valence-corrected chi connectivity index (χ0v) is 20.4. The molecule has 2 aliphatic carbocycles. The van der Waals surface area contributed by atoms with E-state index in [0.717, 1.165) is 6.61 Å². The molecule has 0 aromatic carbocycles. The highest BCUT2D eigenvalue weighted by Crippen LogP contribution is 2.64. The lowest BCUT2D eigenvalue weighted by atomic mass is 9.92. The Bertz CT molecular complexity index is 403. The summed E-state index contributed by atoms with van der Waals surface area (Å²) in [4.78, 5) is 0. The van der Waals surface area contributed by atoms with Gasteiger partial charge < -0.3 is 4.74 Å². The summed E-state index contributed by atoms with van der Waals surface area (Å²) in [7, 11) is 0.00690. The number of methoxy groups -OCH3 is 1. The van der Waals surface area contributed by atoms with Crippen LogP contribution in [0.4, 0.5) is 0 Å². The molecule has 0 aliphatic heterocycles. The van der Waals surface area contributed by atoms with Crippen molar-refractivity contribution < 1.29 is 4.74 Å². The predicted molar refractivity (Wildman–Crippen MR) is 120 cm³/mol. The van der Waals surface area contributed by atoms with Crippen LogP contribution in [-0.2, 0) is 4.74 Å². The Morgan fingerprint density at radius 1 is 0.556 bits per heavy atom. The average Bonchev–Trinajstić information content (AvgIpc) is 2.95. The Kier molecular flexibility index (Phi) is 8.10. The summed E-state index contributed by atoms with van der Waals surface area (Å²) in [5.74, 6) is 12.3. The van der Waals surface area contributed by atoms with Crippen LogP contribution in [0, 0.1) is 58.4 Å². The topological polar surface area (TPSA) is 9.23 Å². The van der Waals surface area contributed by atoms with Gasteiger partial charge in [0.25, 0.3) is 0 Å². The molecule has 0 saturated heterocycles. The third kappa shape index (κ3) is 4.23. The highest BCUT2D eigenvalue weighted by atomic mass is 28.3. The van der Waals surface area contributed by atoms with Crippen molar-refractivity contribution in [2.75, 3.05) is 13.7 Å². The number of ether oxygens (including phenoxy) is 1. The van der Waals surface area contributed by atoms with Crippen molar-refractivity contribution in [3.63, 3.8) is 0 Å². The van der Waals surface area contributed by atoms with Gasteiger partial charge in [0, 0.05) is 13.7 Å². The van der Waals surface area contributed by atoms with E-state index >= 15 is 0 Å². The zero-order valence-electron chi connectivity index (χ0n) is 19.4. The monoisotopic (exact) mass is 384 g/mol. The van der Waals surface area contributed by atoms with E-state index in [1.54, 1.807) is 34.8 Å². The molecule has 1 nitrogen and oxygen atoms in total. The van der Waals surface area contributed by atoms with E-state index in [4.69, 9.17) is 4.74 Å². The van der Waals surface area contributed by atoms with Gasteiger partial charge >= 0.3 is 0 Å². The standard InChI is InChI=1S/C25H40OSi/c1-16-17(2)21(6)24(20(16)5)27(10,15-13-11-12-14-26-9)25-22(7)18(3)19(4)23(25)8/h11-15H2,1-10H3. The first-order chi connectivity index (χ1) is 12.6. The van der Waals surface area contributed by atoms with Gasteiger partial charge in [0.2, 0.25) is 0 Å². The van der Waals surface area contributed by atoms with Crippen LogP contribution in [0.15, 0.2) is 0 Å². The molecule has 2 fully saturated rings. The number of hydrogen-bond donors (Lipinski definition) is 0. The lowest BCUT2D eigenvalue weighted by Crippen LogP contribution is -2.50. The van der Waals surface area contributed by atoms with Crippen LogP contribution in [0.5, 0.6) is 0 Å². The van der Waals surface area contributed by atoms with Crippen molar-refractivity contribution in [1.82, 2.24) is 0 Å². The molecule has 2 aliphatic rings. The molecule has 0 unspecified atom stereocenters. The van der Waals surface area contributed by atoms with Crippen LogP contribution in [-0.4, -0.2) is 21.8 Å². The normalized spacial score (nSPS) is 25.6. The Morgan fingerprint density at radius 3 is 1.26 bits per heavy atom. The van der Waals surface area contributed by atoms with Crippen LogP contribution in [0.3, 0.4) is 0 Å². The minimum absolute atomic E-state index is 0.886. The molecule has 2 heteroatoms. The van der Waals surface area contributed by atoms with Gasteiger partial charge in [-0.25, -0.2) is 0 Å². The minimum Gasteiger partial charge on any atom is -0.385 e. The van der Waals surface area contributed by atoms with Crippen LogP contribution in [0.25, 0.3) is 0 Å². The van der Waals surface area contributed by atoms with E-state index < -0.39 is 8.07 Å². The van der Waals surface area contributed by atoms with Crippen molar-refractivity contribution in [3.8, 4) is 0 Å². The summed E-state index contributed by atoms with van der Waals surface area (Å²) in [5, 5.41) is 0. The quantitative estimate of drug-likeness (QED) is 0.327. The first-order valence-electron chi connectivity index (χ1n) is 10.6. The fourth-order valence-electron chi connectivity index (χ4n) is 5.37. The summed E-state index contributed by atoms with van der Waals surface area (Å²) in [6.07, 6.45) is 3.75. The van der Waals surface area contributed by atoms with Crippen molar-refractivity contribution in [3.05, 3.63) is 58.4 Å². The lowest BCUT2D eigenvalue weighted by Gasteiger charge is -2.46. The molecular weight excluding hydrogens is 344 g/mol. The second-order valence-electron chi connectivity index (χ2n) is 8.89. The van der Waals surface area contributed by atoms with Gasteiger partial charge in [-0.2, -0.15) is 0 Å². The predicted octanol–water partition coefficient (Wildman–Crippen LogP) is 6.89. The first kappa shape index (κ1) is 23.5. The van der Waals surface area contributed by atoms with Gasteiger partial charge in [-0.05, 0) is 64.8 Å². The van der Waals surface area contributed by atoms with Crippen molar-refractivity contribution in [2.24, 2.45) is 0 Å². The second-order valence-corrected chi connectivity index (χ2v) is 13.0. The van der Waals surface area contributed by atoms with Gasteiger partial charge in [-0.3, -0.25) is 0 Å². The van der Waals surface area contributed by atoms with Crippen LogP contribution in [0.2, 0.25) is 12.6 Å². The molecule has 0 aromatic heterocycles. The molecule has 10 radical (unpaired) electrons. The van der Waals surface area contributed by atoms with E-state index in [1.807, 2.05) is 7.11 Å². The summed E-state index contributed by atoms with van der Waals surface area (Å²) in [6, 6.07) is 1.34. The minimum atomic E-state index is -1.80. The van der Waals surface area contributed by atoms with Gasteiger partial charge in [0.1, 0.15) is 0 Å². The molecule has 0 bridgehead atoms. The molecule has 27 heavy (non-hydrogen) atoms. The van der Waals surface area contributed by atoms with E-state index in [-0.39, 0.29) is 0 Å². The van der Waals surface area contributed by atoms with Gasteiger partial charge in [-0.1, -0.05) is 80.8 Å². The summed E-state index contributed by atoms with van der Waals surface area (Å²) >= 11 is 0. The molecule has 0 atom stereocenters. The fraction of sp³-hybridized carbons (Fsp3) is 0.600. The summed E-state index contributed by atoms with van der Waals surface area (Å²) < 4.78 is 5.27. The Morgan fingerprint density at radius 2 is 0.926 bits per heavy atom. The zero-order chi connectivity index (χ0) is 20.5. The molecule has 2 rings (SSSR count). The molecular formula is C25H40OSi. The average molecular weight is 385 g/mol. The van der Waals surface area contributed by atoms with E-state index in [2.05, 4.69) is 61.9 Å². The van der Waals surface area contributed by atoms with E-state index in [9.17, 15) is 0 Å². The van der Waals surface area contributed by atoms with E-state index in [0.29, 0.717) is 0 Å². The molecule has 2 saturated carbocycles. The third-order valence-electron chi connectivity index (χ3n) is 7.50. The molecule has 0 spiro atoms. The Hall–Kier alpha value is 0.177. The van der Waals surface area contributed by atoms with Gasteiger partial charge in [0.05, 0.1) is 8.07 Å². The first-order valence-corrected chi connectivity index (χ1v) is 13.3. The maximum Gasteiger partial charge on any atom is 0.0663 e.